The summed E-state index contributed by atoms with van der Waals surface area (Å²) in [5, 5.41) is 14.9. The van der Waals surface area contributed by atoms with Crippen molar-refractivity contribution in [3.8, 4) is 0 Å². The number of carbonyl (C=O) groups excluding carboxylic acids is 1. The van der Waals surface area contributed by atoms with Gasteiger partial charge in [-0.15, -0.1) is 5.10 Å². The van der Waals surface area contributed by atoms with Crippen molar-refractivity contribution in [3.05, 3.63) is 0 Å². The Morgan fingerprint density at radius 2 is 2.58 bits per heavy atom. The van der Waals surface area contributed by atoms with Crippen LogP contribution >= 0.6 is 0 Å². The molecule has 0 spiro atoms. The summed E-state index contributed by atoms with van der Waals surface area (Å²) in [7, 11) is 0. The fraction of sp³-hybridized carbons (Fsp3) is 0.600. The van der Waals surface area contributed by atoms with Crippen molar-refractivity contribution in [2.45, 2.75) is 6.92 Å². The zero-order chi connectivity index (χ0) is 8.81. The number of hydrogen-bond donors (Lipinski definition) is 2. The van der Waals surface area contributed by atoms with Crippen LogP contribution in [0.4, 0.5) is 5.95 Å². The Hall–Kier alpha value is -1.50. The van der Waals surface area contributed by atoms with Crippen molar-refractivity contribution < 1.29 is 9.53 Å². The third-order valence-electron chi connectivity index (χ3n) is 1.03. The number of nitrogens with zero attached hydrogens (tertiary/aromatic N) is 3. The lowest BCUT2D eigenvalue weighted by Crippen LogP contribution is -2.18. The summed E-state index contributed by atoms with van der Waals surface area (Å²) in [6.07, 6.45) is 0. The Kier molecular flexibility index (Phi) is 3.15. The summed E-state index contributed by atoms with van der Waals surface area (Å²) < 4.78 is 4.85. The van der Waals surface area contributed by atoms with Crippen molar-refractivity contribution in [1.29, 1.82) is 0 Å². The van der Waals surface area contributed by atoms with E-state index < -0.39 is 0 Å². The summed E-state index contributed by atoms with van der Waals surface area (Å²) >= 11 is 0. The van der Waals surface area contributed by atoms with Gasteiger partial charge in [0, 0.05) is 6.61 Å². The molecule has 0 fully saturated rings. The van der Waals surface area contributed by atoms with Crippen LogP contribution in [0.15, 0.2) is 0 Å². The normalized spacial score (nSPS) is 9.75. The molecule has 7 heteroatoms. The number of ether oxygens (including phenoxy) is 1. The molecule has 0 aliphatic carbocycles. The molecule has 12 heavy (non-hydrogen) atoms. The number of H-pyrrole nitrogens is 1. The monoisotopic (exact) mass is 171 g/mol. The van der Waals surface area contributed by atoms with Crippen molar-refractivity contribution in [2.24, 2.45) is 0 Å². The second kappa shape index (κ2) is 4.39. The van der Waals surface area contributed by atoms with E-state index in [0.717, 1.165) is 0 Å². The Bertz CT molecular complexity index is 234. The largest absolute Gasteiger partial charge is 0.372 e. The maximum absolute atomic E-state index is 10.9. The maximum atomic E-state index is 10.9. The molecule has 1 rings (SSSR count). The van der Waals surface area contributed by atoms with Gasteiger partial charge >= 0.3 is 0 Å². The van der Waals surface area contributed by atoms with E-state index in [1.165, 1.54) is 0 Å². The fourth-order valence-corrected chi connectivity index (χ4v) is 0.570. The van der Waals surface area contributed by atoms with Gasteiger partial charge in [-0.1, -0.05) is 5.10 Å². The predicted octanol–water partition coefficient (Wildman–Crippen LogP) is -0.825. The first-order chi connectivity index (χ1) is 5.83. The molecule has 1 aromatic heterocycles. The van der Waals surface area contributed by atoms with Gasteiger partial charge in [0.05, 0.1) is 0 Å². The summed E-state index contributed by atoms with van der Waals surface area (Å²) in [4.78, 5) is 10.9. The molecule has 1 aromatic rings. The van der Waals surface area contributed by atoms with E-state index in [1.54, 1.807) is 0 Å². The molecule has 0 unspecified atom stereocenters. The van der Waals surface area contributed by atoms with E-state index in [2.05, 4.69) is 25.9 Å². The average molecular weight is 171 g/mol. The van der Waals surface area contributed by atoms with Gasteiger partial charge in [-0.25, -0.2) is 0 Å². The second-order valence-electron chi connectivity index (χ2n) is 1.92. The molecule has 0 aromatic carbocycles. The highest BCUT2D eigenvalue weighted by Crippen LogP contribution is 1.89. The molecule has 2 N–H and O–H groups in total. The SMILES string of the molecule is CCOCC(=O)Nc1nn[nH]n1. The Morgan fingerprint density at radius 3 is 3.17 bits per heavy atom. The number of nitrogens with one attached hydrogen (secondary N) is 2. The van der Waals surface area contributed by atoms with Gasteiger partial charge in [-0.2, -0.15) is 5.21 Å². The van der Waals surface area contributed by atoms with Gasteiger partial charge in [-0.3, -0.25) is 10.1 Å². The van der Waals surface area contributed by atoms with Crippen LogP contribution in [-0.4, -0.2) is 39.7 Å². The number of tetrazole rings is 1. The zero-order valence-corrected chi connectivity index (χ0v) is 6.57. The highest BCUT2D eigenvalue weighted by molar-refractivity contribution is 5.89. The molecule has 0 aliphatic heterocycles. The molecule has 0 radical (unpaired) electrons. The van der Waals surface area contributed by atoms with Crippen LogP contribution in [0.5, 0.6) is 0 Å². The summed E-state index contributed by atoms with van der Waals surface area (Å²) in [6, 6.07) is 0. The first kappa shape index (κ1) is 8.60. The molecule has 1 heterocycles. The van der Waals surface area contributed by atoms with Crippen molar-refractivity contribution >= 4 is 11.9 Å². The minimum atomic E-state index is -0.293. The minimum absolute atomic E-state index is 0.00500. The molecule has 0 aliphatic rings. The lowest BCUT2D eigenvalue weighted by atomic mass is 10.6. The standard InChI is InChI=1S/C5H9N5O2/c1-2-12-3-4(11)6-5-7-9-10-8-5/h2-3H2,1H3,(H2,6,7,8,9,10,11). The predicted molar refractivity (Wildman–Crippen MR) is 39.3 cm³/mol. The van der Waals surface area contributed by atoms with Gasteiger partial charge in [0.1, 0.15) is 6.61 Å². The Morgan fingerprint density at radius 1 is 1.75 bits per heavy atom. The number of carbonyl (C=O) groups is 1. The number of aromatic nitrogens is 4. The first-order valence-corrected chi connectivity index (χ1v) is 3.44. The molecule has 0 atom stereocenters. The van der Waals surface area contributed by atoms with Gasteiger partial charge in [-0.05, 0) is 12.1 Å². The summed E-state index contributed by atoms with van der Waals surface area (Å²) in [5.74, 6) is -0.141. The van der Waals surface area contributed by atoms with Crippen LogP contribution in [0.1, 0.15) is 6.92 Å². The molecule has 1 amide bonds. The van der Waals surface area contributed by atoms with E-state index in [-0.39, 0.29) is 18.5 Å². The quantitative estimate of drug-likeness (QED) is 0.617. The number of anilines is 1. The third kappa shape index (κ3) is 2.62. The van der Waals surface area contributed by atoms with Crippen LogP contribution in [0.25, 0.3) is 0 Å². The van der Waals surface area contributed by atoms with Crippen LogP contribution in [0.2, 0.25) is 0 Å². The lowest BCUT2D eigenvalue weighted by Gasteiger charge is -1.98. The zero-order valence-electron chi connectivity index (χ0n) is 6.57. The van der Waals surface area contributed by atoms with Crippen LogP contribution < -0.4 is 5.32 Å². The number of rotatable bonds is 4. The van der Waals surface area contributed by atoms with Gasteiger partial charge in [0.25, 0.3) is 11.9 Å². The Balaban J connectivity index is 2.27. The van der Waals surface area contributed by atoms with Gasteiger partial charge < -0.3 is 4.74 Å². The topological polar surface area (TPSA) is 92.8 Å². The van der Waals surface area contributed by atoms with Crippen molar-refractivity contribution in [2.75, 3.05) is 18.5 Å². The maximum Gasteiger partial charge on any atom is 0.269 e. The van der Waals surface area contributed by atoms with E-state index in [9.17, 15) is 4.79 Å². The average Bonchev–Trinajstić information content (AvgIpc) is 2.53. The molecule has 66 valence electrons. The first-order valence-electron chi connectivity index (χ1n) is 3.44. The highest BCUT2D eigenvalue weighted by Gasteiger charge is 2.03. The Labute approximate surface area is 68.5 Å². The molecule has 7 nitrogen and oxygen atoms in total. The fourth-order valence-electron chi connectivity index (χ4n) is 0.570. The van der Waals surface area contributed by atoms with Crippen LogP contribution in [0.3, 0.4) is 0 Å². The third-order valence-corrected chi connectivity index (χ3v) is 1.03. The smallest absolute Gasteiger partial charge is 0.269 e. The van der Waals surface area contributed by atoms with E-state index in [1.807, 2.05) is 6.92 Å². The van der Waals surface area contributed by atoms with Crippen molar-refractivity contribution in [3.63, 3.8) is 0 Å². The molecular formula is C5H9N5O2. The molecule has 0 saturated heterocycles. The van der Waals surface area contributed by atoms with Crippen LogP contribution in [0, 0.1) is 0 Å². The molecule has 0 bridgehead atoms. The number of aromatic amines is 1. The second-order valence-corrected chi connectivity index (χ2v) is 1.92. The molecule has 0 saturated carbocycles. The van der Waals surface area contributed by atoms with Gasteiger partial charge in [0.2, 0.25) is 0 Å². The van der Waals surface area contributed by atoms with Gasteiger partial charge in [0.15, 0.2) is 0 Å². The van der Waals surface area contributed by atoms with E-state index >= 15 is 0 Å². The molecular weight excluding hydrogens is 162 g/mol. The number of hydrogen-bond acceptors (Lipinski definition) is 5. The minimum Gasteiger partial charge on any atom is -0.372 e. The van der Waals surface area contributed by atoms with E-state index in [4.69, 9.17) is 4.74 Å². The lowest BCUT2D eigenvalue weighted by molar-refractivity contribution is -0.120. The number of amides is 1. The highest BCUT2D eigenvalue weighted by atomic mass is 16.5. The summed E-state index contributed by atoms with van der Waals surface area (Å²) in [5.41, 5.74) is 0. The van der Waals surface area contributed by atoms with Crippen LogP contribution in [-0.2, 0) is 9.53 Å². The summed E-state index contributed by atoms with van der Waals surface area (Å²) in [6.45, 7) is 2.31. The van der Waals surface area contributed by atoms with E-state index in [0.29, 0.717) is 6.61 Å². The van der Waals surface area contributed by atoms with Crippen molar-refractivity contribution in [1.82, 2.24) is 20.6 Å².